The van der Waals surface area contributed by atoms with Crippen LogP contribution < -0.4 is 0 Å². The van der Waals surface area contributed by atoms with Gasteiger partial charge in [0.15, 0.2) is 0 Å². The van der Waals surface area contributed by atoms with E-state index < -0.39 is 5.82 Å². The van der Waals surface area contributed by atoms with Gasteiger partial charge in [0.2, 0.25) is 0 Å². The molecule has 1 aliphatic carbocycles. The van der Waals surface area contributed by atoms with Crippen LogP contribution in [0.3, 0.4) is 0 Å². The number of rotatable bonds is 2. The predicted octanol–water partition coefficient (Wildman–Crippen LogP) is 6.88. The minimum absolute atomic E-state index is 0.149. The lowest BCUT2D eigenvalue weighted by Gasteiger charge is -2.22. The normalized spacial score (nSPS) is 20.3. The number of benzene rings is 2. The zero-order valence-corrected chi connectivity index (χ0v) is 15.2. The van der Waals surface area contributed by atoms with Gasteiger partial charge >= 0.3 is 0 Å². The minimum Gasteiger partial charge on any atom is -0.205 e. The quantitative estimate of drug-likeness (QED) is 0.408. The lowest BCUT2D eigenvalue weighted by atomic mass is 9.82. The van der Waals surface area contributed by atoms with Gasteiger partial charge in [0, 0.05) is 11.5 Å². The maximum Gasteiger partial charge on any atom is 0.142 e. The standard InChI is InChI=1S/C23H22ClF/c1-2-3-17-4-6-18(7-5-17)8-9-19-10-12-20(13-11-19)21-14-15-22(24)23(25)16-21/h2-3,10-18H,4-7H2,1H3/b3-2+. The first-order valence-electron chi connectivity index (χ1n) is 8.85. The Morgan fingerprint density at radius 2 is 1.68 bits per heavy atom. The first-order valence-corrected chi connectivity index (χ1v) is 9.23. The van der Waals surface area contributed by atoms with Gasteiger partial charge in [0.25, 0.3) is 0 Å². The van der Waals surface area contributed by atoms with E-state index in [0.29, 0.717) is 5.92 Å². The van der Waals surface area contributed by atoms with Crippen LogP contribution in [0.1, 0.15) is 38.2 Å². The third-order valence-corrected chi connectivity index (χ3v) is 5.10. The van der Waals surface area contributed by atoms with E-state index >= 15 is 0 Å². The summed E-state index contributed by atoms with van der Waals surface area (Å²) in [5.74, 6) is 7.57. The summed E-state index contributed by atoms with van der Waals surface area (Å²) in [7, 11) is 0. The van der Waals surface area contributed by atoms with Crippen LogP contribution in [0.5, 0.6) is 0 Å². The molecular formula is C23H22ClF. The van der Waals surface area contributed by atoms with Gasteiger partial charge < -0.3 is 0 Å². The Morgan fingerprint density at radius 1 is 1.00 bits per heavy atom. The molecule has 0 N–H and O–H groups in total. The number of allylic oxidation sites excluding steroid dienone is 2. The highest BCUT2D eigenvalue weighted by Gasteiger charge is 2.17. The second kappa shape index (κ2) is 8.37. The Kier molecular flexibility index (Phi) is 5.95. The largest absolute Gasteiger partial charge is 0.205 e. The molecule has 0 aromatic heterocycles. The van der Waals surface area contributed by atoms with Crippen molar-refractivity contribution in [1.82, 2.24) is 0 Å². The highest BCUT2D eigenvalue weighted by molar-refractivity contribution is 6.30. The Labute approximate surface area is 154 Å². The molecule has 0 amide bonds. The molecule has 2 aromatic rings. The fraction of sp³-hybridized carbons (Fsp3) is 0.304. The number of halogens is 2. The van der Waals surface area contributed by atoms with E-state index in [0.717, 1.165) is 22.6 Å². The van der Waals surface area contributed by atoms with E-state index in [4.69, 9.17) is 11.6 Å². The van der Waals surface area contributed by atoms with Gasteiger partial charge in [0.05, 0.1) is 5.02 Å². The average Bonchev–Trinajstić information content (AvgIpc) is 2.64. The average molecular weight is 353 g/mol. The molecule has 0 spiro atoms. The van der Waals surface area contributed by atoms with Gasteiger partial charge in [-0.1, -0.05) is 53.8 Å². The molecule has 0 nitrogen and oxygen atoms in total. The summed E-state index contributed by atoms with van der Waals surface area (Å²) >= 11 is 5.74. The van der Waals surface area contributed by atoms with Gasteiger partial charge in [-0.2, -0.15) is 0 Å². The lowest BCUT2D eigenvalue weighted by Crippen LogP contribution is -2.11. The van der Waals surface area contributed by atoms with Crippen LogP contribution in [0.15, 0.2) is 54.6 Å². The maximum atomic E-state index is 13.6. The lowest BCUT2D eigenvalue weighted by molar-refractivity contribution is 0.364. The van der Waals surface area contributed by atoms with E-state index in [1.54, 1.807) is 6.07 Å². The molecule has 1 fully saturated rings. The molecule has 0 aliphatic heterocycles. The van der Waals surface area contributed by atoms with Crippen molar-refractivity contribution in [3.63, 3.8) is 0 Å². The first-order chi connectivity index (χ1) is 12.2. The smallest absolute Gasteiger partial charge is 0.142 e. The highest BCUT2D eigenvalue weighted by Crippen LogP contribution is 2.29. The SMILES string of the molecule is C/C=C/C1CCC(C#Cc2ccc(-c3ccc(Cl)c(F)c3)cc2)CC1. The Bertz CT molecular complexity index is 800. The molecule has 0 saturated heterocycles. The predicted molar refractivity (Wildman–Crippen MR) is 104 cm³/mol. The molecule has 3 rings (SSSR count). The van der Waals surface area contributed by atoms with Gasteiger partial charge in [0.1, 0.15) is 5.82 Å². The topological polar surface area (TPSA) is 0 Å². The summed E-state index contributed by atoms with van der Waals surface area (Å²) in [5.41, 5.74) is 2.80. The minimum atomic E-state index is -0.392. The monoisotopic (exact) mass is 352 g/mol. The molecule has 2 aromatic carbocycles. The van der Waals surface area contributed by atoms with Crippen molar-refractivity contribution < 1.29 is 4.39 Å². The summed E-state index contributed by atoms with van der Waals surface area (Å²) in [6, 6.07) is 12.8. The molecule has 2 heteroatoms. The second-order valence-corrected chi connectivity index (χ2v) is 7.02. The van der Waals surface area contributed by atoms with E-state index in [-0.39, 0.29) is 5.02 Å². The molecular weight excluding hydrogens is 331 g/mol. The van der Waals surface area contributed by atoms with Crippen LogP contribution in [0.4, 0.5) is 4.39 Å². The van der Waals surface area contributed by atoms with Crippen molar-refractivity contribution in [1.29, 1.82) is 0 Å². The van der Waals surface area contributed by atoms with Crippen LogP contribution in [0, 0.1) is 29.5 Å². The maximum absolute atomic E-state index is 13.6. The van der Waals surface area contributed by atoms with Gasteiger partial charge in [-0.3, -0.25) is 0 Å². The highest BCUT2D eigenvalue weighted by atomic mass is 35.5. The van der Waals surface area contributed by atoms with Crippen LogP contribution in [0.25, 0.3) is 11.1 Å². The molecule has 0 atom stereocenters. The molecule has 25 heavy (non-hydrogen) atoms. The Hall–Kier alpha value is -2.04. The van der Waals surface area contributed by atoms with E-state index in [2.05, 4.69) is 30.9 Å². The fourth-order valence-corrected chi connectivity index (χ4v) is 3.45. The van der Waals surface area contributed by atoms with Crippen molar-refractivity contribution in [2.75, 3.05) is 0 Å². The van der Waals surface area contributed by atoms with Crippen LogP contribution in [-0.2, 0) is 0 Å². The number of hydrogen-bond donors (Lipinski definition) is 0. The van der Waals surface area contributed by atoms with Gasteiger partial charge in [-0.15, -0.1) is 0 Å². The van der Waals surface area contributed by atoms with E-state index in [1.807, 2.05) is 30.3 Å². The van der Waals surface area contributed by atoms with Gasteiger partial charge in [-0.05, 0) is 73.9 Å². The van der Waals surface area contributed by atoms with Crippen molar-refractivity contribution >= 4 is 11.6 Å². The van der Waals surface area contributed by atoms with Crippen LogP contribution in [0.2, 0.25) is 5.02 Å². The molecule has 1 aliphatic rings. The van der Waals surface area contributed by atoms with E-state index in [1.165, 1.54) is 31.7 Å². The molecule has 0 bridgehead atoms. The van der Waals surface area contributed by atoms with E-state index in [9.17, 15) is 4.39 Å². The van der Waals surface area contributed by atoms with Crippen molar-refractivity contribution in [2.24, 2.45) is 11.8 Å². The van der Waals surface area contributed by atoms with Gasteiger partial charge in [-0.25, -0.2) is 4.39 Å². The second-order valence-electron chi connectivity index (χ2n) is 6.61. The fourth-order valence-electron chi connectivity index (χ4n) is 3.34. The van der Waals surface area contributed by atoms with Crippen LogP contribution >= 0.6 is 11.6 Å². The molecule has 1 saturated carbocycles. The summed E-state index contributed by atoms with van der Waals surface area (Å²) in [6.07, 6.45) is 9.33. The summed E-state index contributed by atoms with van der Waals surface area (Å²) in [6.45, 7) is 2.09. The third kappa shape index (κ3) is 4.74. The van der Waals surface area contributed by atoms with Crippen LogP contribution in [-0.4, -0.2) is 0 Å². The molecule has 0 unspecified atom stereocenters. The molecule has 0 radical (unpaired) electrons. The van der Waals surface area contributed by atoms with Crippen molar-refractivity contribution in [3.8, 4) is 23.0 Å². The Morgan fingerprint density at radius 3 is 2.32 bits per heavy atom. The molecule has 0 heterocycles. The zero-order chi connectivity index (χ0) is 17.6. The third-order valence-electron chi connectivity index (χ3n) is 4.79. The first kappa shape index (κ1) is 17.8. The van der Waals surface area contributed by atoms with Crippen molar-refractivity contribution in [3.05, 3.63) is 71.0 Å². The summed E-state index contributed by atoms with van der Waals surface area (Å²) < 4.78 is 13.6. The summed E-state index contributed by atoms with van der Waals surface area (Å²) in [5, 5.41) is 0.149. The summed E-state index contributed by atoms with van der Waals surface area (Å²) in [4.78, 5) is 0. The molecule has 128 valence electrons. The number of hydrogen-bond acceptors (Lipinski definition) is 0. The zero-order valence-electron chi connectivity index (χ0n) is 14.4. The van der Waals surface area contributed by atoms with Crippen molar-refractivity contribution in [2.45, 2.75) is 32.6 Å². The Balaban J connectivity index is 1.65.